The first-order valence-corrected chi connectivity index (χ1v) is 11.8. The van der Waals surface area contributed by atoms with E-state index < -0.39 is 29.4 Å². The van der Waals surface area contributed by atoms with Gasteiger partial charge >= 0.3 is 0 Å². The van der Waals surface area contributed by atoms with Gasteiger partial charge in [0.1, 0.15) is 0 Å². The molecule has 0 bridgehead atoms. The van der Waals surface area contributed by atoms with Gasteiger partial charge < -0.3 is 5.11 Å². The van der Waals surface area contributed by atoms with E-state index in [4.69, 9.17) is 0 Å². The normalized spacial score (nSPS) is 18.3. The van der Waals surface area contributed by atoms with Crippen molar-refractivity contribution in [2.75, 3.05) is 0 Å². The monoisotopic (exact) mass is 419 g/mol. The third kappa shape index (κ3) is 3.11. The third-order valence-electron chi connectivity index (χ3n) is 5.18. The summed E-state index contributed by atoms with van der Waals surface area (Å²) in [6.45, 7) is 6.90. The average molecular weight is 420 g/mol. The Morgan fingerprint density at radius 1 is 0.821 bits per heavy atom. The smallest absolute Gasteiger partial charge is 0.199 e. The second kappa shape index (κ2) is 6.83. The maximum atomic E-state index is 13.7. The zero-order valence-electron chi connectivity index (χ0n) is 15.8. The molecule has 0 aliphatic heterocycles. The molecule has 1 saturated carbocycles. The fourth-order valence-corrected chi connectivity index (χ4v) is 8.71. The Kier molecular flexibility index (Phi) is 5.06. The van der Waals surface area contributed by atoms with Crippen LogP contribution in [0.4, 0.5) is 0 Å². The molecule has 5 nitrogen and oxygen atoms in total. The topological polar surface area (TPSA) is 88.5 Å². The zero-order chi connectivity index (χ0) is 20.8. The van der Waals surface area contributed by atoms with Crippen LogP contribution in [0.5, 0.6) is 0 Å². The Labute approximate surface area is 166 Å². The van der Waals surface area contributed by atoms with Crippen molar-refractivity contribution in [3.05, 3.63) is 78.7 Å². The standard InChI is InChI=1S/C21H23O5S2/c1-16-14-21(15-19(16)20(2,3)22,27(23,24)17-10-6-4-7-11-17)28(25,26)18-12-8-5-9-13-18/h4-13,22H,1,14-15H2,2-3H3. The summed E-state index contributed by atoms with van der Waals surface area (Å²) in [5.74, 6) is 0.339. The minimum atomic E-state index is -4.31. The van der Waals surface area contributed by atoms with Crippen LogP contribution in [0.2, 0.25) is 0 Å². The predicted molar refractivity (Wildman–Crippen MR) is 108 cm³/mol. The minimum Gasteiger partial charge on any atom is -0.390 e. The first kappa shape index (κ1) is 20.8. The van der Waals surface area contributed by atoms with E-state index in [1.165, 1.54) is 38.1 Å². The van der Waals surface area contributed by atoms with Crippen molar-refractivity contribution in [1.29, 1.82) is 0 Å². The predicted octanol–water partition coefficient (Wildman–Crippen LogP) is 3.33. The van der Waals surface area contributed by atoms with Crippen LogP contribution in [-0.4, -0.2) is 31.6 Å². The van der Waals surface area contributed by atoms with Crippen molar-refractivity contribution in [3.63, 3.8) is 0 Å². The first-order chi connectivity index (χ1) is 12.9. The molecule has 0 atom stereocenters. The van der Waals surface area contributed by atoms with E-state index in [1.807, 2.05) is 0 Å². The highest BCUT2D eigenvalue weighted by atomic mass is 32.3. The Morgan fingerprint density at radius 2 is 1.21 bits per heavy atom. The van der Waals surface area contributed by atoms with Crippen LogP contribution in [0, 0.1) is 5.92 Å². The molecule has 0 saturated heterocycles. The molecule has 0 amide bonds. The molecule has 2 aromatic rings. The molecule has 1 fully saturated rings. The fourth-order valence-electron chi connectivity index (χ4n) is 3.69. The van der Waals surface area contributed by atoms with Gasteiger partial charge in [0.25, 0.3) is 0 Å². The van der Waals surface area contributed by atoms with Gasteiger partial charge in [0.15, 0.2) is 23.8 Å². The highest BCUT2D eigenvalue weighted by molar-refractivity contribution is 8.10. The van der Waals surface area contributed by atoms with Crippen LogP contribution in [0.25, 0.3) is 0 Å². The quantitative estimate of drug-likeness (QED) is 0.803. The van der Waals surface area contributed by atoms with Crippen LogP contribution in [0.3, 0.4) is 0 Å². The van der Waals surface area contributed by atoms with E-state index in [0.29, 0.717) is 11.5 Å². The summed E-state index contributed by atoms with van der Waals surface area (Å²) in [7, 11) is -8.63. The highest BCUT2D eigenvalue weighted by Crippen LogP contribution is 2.54. The Hall–Kier alpha value is -1.96. The summed E-state index contributed by atoms with van der Waals surface area (Å²) in [6.07, 6.45) is -0.620. The second-order valence-electron chi connectivity index (χ2n) is 7.54. The van der Waals surface area contributed by atoms with Gasteiger partial charge in [-0.05, 0) is 44.5 Å². The fraction of sp³-hybridized carbons (Fsp3) is 0.286. The molecule has 0 aromatic heterocycles. The van der Waals surface area contributed by atoms with E-state index in [2.05, 4.69) is 6.58 Å². The van der Waals surface area contributed by atoms with Crippen molar-refractivity contribution in [3.8, 4) is 0 Å². The third-order valence-corrected chi connectivity index (χ3v) is 10.8. The summed E-state index contributed by atoms with van der Waals surface area (Å²) in [6, 6.07) is 15.1. The highest BCUT2D eigenvalue weighted by Gasteiger charge is 2.62. The number of hydrogen-bond donors (Lipinski definition) is 1. The summed E-state index contributed by atoms with van der Waals surface area (Å²) >= 11 is 0. The number of rotatable bonds is 5. The Morgan fingerprint density at radius 3 is 1.54 bits per heavy atom. The van der Waals surface area contributed by atoms with E-state index in [-0.39, 0.29) is 22.6 Å². The lowest BCUT2D eigenvalue weighted by atomic mass is 9.87. The van der Waals surface area contributed by atoms with E-state index in [1.54, 1.807) is 36.4 Å². The van der Waals surface area contributed by atoms with Crippen LogP contribution in [-0.2, 0) is 19.7 Å². The molecule has 2 aromatic carbocycles. The zero-order valence-corrected chi connectivity index (χ0v) is 17.4. The summed E-state index contributed by atoms with van der Waals surface area (Å²) in [4.78, 5) is -0.140. The van der Waals surface area contributed by atoms with Crippen LogP contribution in [0.15, 0.2) is 82.6 Å². The molecule has 0 spiro atoms. The Bertz CT molecular complexity index is 1010. The van der Waals surface area contributed by atoms with Gasteiger partial charge in [0.2, 0.25) is 0 Å². The van der Waals surface area contributed by atoms with E-state index in [9.17, 15) is 21.9 Å². The summed E-state index contributed by atoms with van der Waals surface area (Å²) in [5.41, 5.74) is -1.04. The molecular weight excluding hydrogens is 396 g/mol. The second-order valence-corrected chi connectivity index (χ2v) is 12.3. The molecule has 1 aliphatic rings. The van der Waals surface area contributed by atoms with Gasteiger partial charge in [0, 0.05) is 12.3 Å². The molecule has 0 heterocycles. The van der Waals surface area contributed by atoms with Gasteiger partial charge in [0.05, 0.1) is 15.4 Å². The molecule has 1 aliphatic carbocycles. The van der Waals surface area contributed by atoms with Crippen molar-refractivity contribution in [2.24, 2.45) is 0 Å². The largest absolute Gasteiger partial charge is 0.390 e. The van der Waals surface area contributed by atoms with Crippen LogP contribution >= 0.6 is 0 Å². The molecule has 1 N–H and O–H groups in total. The number of aliphatic hydroxyl groups is 1. The Balaban J connectivity index is 2.30. The van der Waals surface area contributed by atoms with Gasteiger partial charge in [-0.3, -0.25) is 0 Å². The van der Waals surface area contributed by atoms with Gasteiger partial charge in [-0.15, -0.1) is 0 Å². The lowest BCUT2D eigenvalue weighted by molar-refractivity contribution is 0.0974. The molecule has 0 unspecified atom stereocenters. The first-order valence-electron chi connectivity index (χ1n) is 8.80. The number of sulfone groups is 2. The van der Waals surface area contributed by atoms with Gasteiger partial charge in [-0.25, -0.2) is 16.8 Å². The lowest BCUT2D eigenvalue weighted by Gasteiger charge is -2.31. The van der Waals surface area contributed by atoms with Crippen LogP contribution in [0.1, 0.15) is 26.7 Å². The van der Waals surface area contributed by atoms with Crippen molar-refractivity contribution in [1.82, 2.24) is 0 Å². The van der Waals surface area contributed by atoms with Gasteiger partial charge in [-0.1, -0.05) is 48.6 Å². The van der Waals surface area contributed by atoms with Crippen molar-refractivity contribution in [2.45, 2.75) is 46.2 Å². The van der Waals surface area contributed by atoms with E-state index >= 15 is 0 Å². The van der Waals surface area contributed by atoms with Crippen LogP contribution < -0.4 is 0 Å². The molecular formula is C21H23O5S2. The lowest BCUT2D eigenvalue weighted by Crippen LogP contribution is -2.45. The van der Waals surface area contributed by atoms with Crippen molar-refractivity contribution >= 4 is 19.7 Å². The summed E-state index contributed by atoms with van der Waals surface area (Å²) < 4.78 is 52.6. The number of benzene rings is 2. The maximum absolute atomic E-state index is 13.7. The number of hydrogen-bond acceptors (Lipinski definition) is 5. The maximum Gasteiger partial charge on any atom is 0.199 e. The molecule has 28 heavy (non-hydrogen) atoms. The molecule has 149 valence electrons. The van der Waals surface area contributed by atoms with Gasteiger partial charge in [-0.2, -0.15) is 0 Å². The average Bonchev–Trinajstić information content (AvgIpc) is 3.03. The summed E-state index contributed by atoms with van der Waals surface area (Å²) in [5, 5.41) is 10.5. The molecule has 7 heteroatoms. The van der Waals surface area contributed by atoms with Crippen molar-refractivity contribution < 1.29 is 21.9 Å². The molecule has 3 rings (SSSR count). The minimum absolute atomic E-state index is 0.0701. The SMILES string of the molecule is C=C1CC(S(=O)(=O)c2ccccc2)(S(=O)(=O)c2ccccc2)C[C]1C(C)(C)O. The van der Waals surface area contributed by atoms with E-state index in [0.717, 1.165) is 0 Å². The molecule has 1 radical (unpaired) electrons.